The summed E-state index contributed by atoms with van der Waals surface area (Å²) < 4.78 is 31.2. The predicted molar refractivity (Wildman–Crippen MR) is 97.9 cm³/mol. The molecule has 1 aliphatic rings. The number of benzene rings is 2. The van der Waals surface area contributed by atoms with Gasteiger partial charge in [0.15, 0.2) is 22.5 Å². The van der Waals surface area contributed by atoms with Gasteiger partial charge in [0.2, 0.25) is 12.7 Å². The van der Waals surface area contributed by atoms with Crippen molar-refractivity contribution in [2.24, 2.45) is 0 Å². The first-order valence-corrected chi connectivity index (χ1v) is 9.45. The van der Waals surface area contributed by atoms with Crippen LogP contribution < -0.4 is 18.9 Å². The van der Waals surface area contributed by atoms with Gasteiger partial charge in [0.05, 0.1) is 13.0 Å². The quantitative estimate of drug-likeness (QED) is 0.840. The molecule has 138 valence electrons. The van der Waals surface area contributed by atoms with E-state index in [1.807, 2.05) is 26.0 Å². The van der Waals surface area contributed by atoms with Crippen molar-refractivity contribution in [3.8, 4) is 17.2 Å². The lowest BCUT2D eigenvalue weighted by Crippen LogP contribution is -2.31. The van der Waals surface area contributed by atoms with E-state index < -0.39 is 16.9 Å². The molecule has 1 N–H and O–H groups in total. The van der Waals surface area contributed by atoms with E-state index in [0.717, 1.165) is 11.1 Å². The highest BCUT2D eigenvalue weighted by molar-refractivity contribution is 7.83. The van der Waals surface area contributed by atoms with E-state index >= 15 is 0 Å². The van der Waals surface area contributed by atoms with Gasteiger partial charge in [-0.3, -0.25) is 9.52 Å². The summed E-state index contributed by atoms with van der Waals surface area (Å²) in [7, 11) is -0.196. The van der Waals surface area contributed by atoms with Crippen molar-refractivity contribution in [2.45, 2.75) is 31.1 Å². The van der Waals surface area contributed by atoms with E-state index in [1.54, 1.807) is 24.3 Å². The van der Waals surface area contributed by atoms with Crippen LogP contribution in [-0.4, -0.2) is 24.0 Å². The zero-order valence-electron chi connectivity index (χ0n) is 14.9. The summed E-state index contributed by atoms with van der Waals surface area (Å²) in [4.78, 5) is 13.1. The first-order chi connectivity index (χ1) is 12.5. The van der Waals surface area contributed by atoms with Gasteiger partial charge in [-0.05, 0) is 48.7 Å². The minimum atomic E-state index is -1.71. The molecule has 0 aliphatic carbocycles. The molecular formula is C19H21NO5S. The molecular weight excluding hydrogens is 354 g/mol. The molecule has 0 aromatic heterocycles. The number of nitrogens with one attached hydrogen (secondary N) is 1. The standard InChI is InChI=1S/C19H21NO5S/c1-4-14(13-6-7-15-16(10-13)25-11-24-15)19(21)20-26(22)18-8-5-12(2)9-17(18)23-3/h5-10,14H,4,11H2,1-3H3,(H,20,21). The topological polar surface area (TPSA) is 73.9 Å². The molecule has 6 nitrogen and oxygen atoms in total. The molecule has 2 unspecified atom stereocenters. The summed E-state index contributed by atoms with van der Waals surface area (Å²) in [5.41, 5.74) is 1.78. The van der Waals surface area contributed by atoms with Crippen LogP contribution in [0.1, 0.15) is 30.4 Å². The van der Waals surface area contributed by atoms with Gasteiger partial charge in [-0.2, -0.15) is 0 Å². The highest BCUT2D eigenvalue weighted by Crippen LogP contribution is 2.35. The van der Waals surface area contributed by atoms with Crippen molar-refractivity contribution in [1.82, 2.24) is 4.72 Å². The Bertz CT molecular complexity index is 852. The van der Waals surface area contributed by atoms with Crippen LogP contribution in [0, 0.1) is 6.92 Å². The second-order valence-corrected chi connectivity index (χ2v) is 7.14. The SMILES string of the molecule is CCC(C(=O)NS(=O)c1ccc(C)cc1OC)c1ccc2c(c1)OCO2. The smallest absolute Gasteiger partial charge is 0.239 e. The molecule has 7 heteroatoms. The molecule has 0 fully saturated rings. The van der Waals surface area contributed by atoms with Gasteiger partial charge < -0.3 is 14.2 Å². The predicted octanol–water partition coefficient (Wildman–Crippen LogP) is 3.06. The summed E-state index contributed by atoms with van der Waals surface area (Å²) >= 11 is 0. The molecule has 3 rings (SSSR count). The lowest BCUT2D eigenvalue weighted by Gasteiger charge is -2.16. The Morgan fingerprint density at radius 1 is 1.23 bits per heavy atom. The van der Waals surface area contributed by atoms with Crippen LogP contribution in [0.4, 0.5) is 0 Å². The molecule has 0 saturated heterocycles. The zero-order chi connectivity index (χ0) is 18.7. The Balaban J connectivity index is 1.78. The van der Waals surface area contributed by atoms with Gasteiger partial charge in [0, 0.05) is 0 Å². The molecule has 0 bridgehead atoms. The van der Waals surface area contributed by atoms with Crippen molar-refractivity contribution in [3.05, 3.63) is 47.5 Å². The molecule has 0 radical (unpaired) electrons. The van der Waals surface area contributed by atoms with Crippen molar-refractivity contribution in [1.29, 1.82) is 0 Å². The fraction of sp³-hybridized carbons (Fsp3) is 0.316. The van der Waals surface area contributed by atoms with E-state index in [4.69, 9.17) is 14.2 Å². The van der Waals surface area contributed by atoms with Gasteiger partial charge in [0.25, 0.3) is 0 Å². The molecule has 0 saturated carbocycles. The van der Waals surface area contributed by atoms with Gasteiger partial charge in [-0.25, -0.2) is 4.21 Å². The Hall–Kier alpha value is -2.54. The van der Waals surface area contributed by atoms with Gasteiger partial charge in [0.1, 0.15) is 10.6 Å². The maximum absolute atomic E-state index is 12.7. The van der Waals surface area contributed by atoms with E-state index in [1.165, 1.54) is 7.11 Å². The largest absolute Gasteiger partial charge is 0.495 e. The Labute approximate surface area is 155 Å². The molecule has 2 atom stereocenters. The molecule has 2 aromatic carbocycles. The maximum Gasteiger partial charge on any atom is 0.239 e. The average Bonchev–Trinajstić information content (AvgIpc) is 3.09. The van der Waals surface area contributed by atoms with E-state index in [2.05, 4.69) is 4.72 Å². The number of methoxy groups -OCH3 is 1. The van der Waals surface area contributed by atoms with Crippen LogP contribution in [0.2, 0.25) is 0 Å². The lowest BCUT2D eigenvalue weighted by molar-refractivity contribution is -0.120. The maximum atomic E-state index is 12.7. The number of carbonyl (C=O) groups is 1. The molecule has 1 heterocycles. The van der Waals surface area contributed by atoms with Crippen molar-refractivity contribution in [3.63, 3.8) is 0 Å². The van der Waals surface area contributed by atoms with Crippen LogP contribution >= 0.6 is 0 Å². The van der Waals surface area contributed by atoms with Crippen molar-refractivity contribution in [2.75, 3.05) is 13.9 Å². The van der Waals surface area contributed by atoms with E-state index in [0.29, 0.717) is 28.6 Å². The molecule has 0 spiro atoms. The normalized spacial score (nSPS) is 14.6. The third-order valence-corrected chi connectivity index (χ3v) is 5.36. The number of fused-ring (bicyclic) bond motifs is 1. The van der Waals surface area contributed by atoms with Gasteiger partial charge >= 0.3 is 0 Å². The minimum Gasteiger partial charge on any atom is -0.495 e. The summed E-state index contributed by atoms with van der Waals surface area (Å²) in [6, 6.07) is 10.7. The summed E-state index contributed by atoms with van der Waals surface area (Å²) in [6.07, 6.45) is 0.563. The zero-order valence-corrected chi connectivity index (χ0v) is 15.7. The second-order valence-electron chi connectivity index (χ2n) is 5.96. The third-order valence-electron chi connectivity index (χ3n) is 4.24. The van der Waals surface area contributed by atoms with Crippen LogP contribution in [-0.2, 0) is 15.8 Å². The summed E-state index contributed by atoms with van der Waals surface area (Å²) in [5.74, 6) is 1.02. The van der Waals surface area contributed by atoms with Gasteiger partial charge in [-0.1, -0.05) is 19.1 Å². The number of hydrogen-bond donors (Lipinski definition) is 1. The van der Waals surface area contributed by atoms with Crippen LogP contribution in [0.15, 0.2) is 41.3 Å². The summed E-state index contributed by atoms with van der Waals surface area (Å²) in [6.45, 7) is 4.00. The Morgan fingerprint density at radius 2 is 2.00 bits per heavy atom. The van der Waals surface area contributed by atoms with Crippen LogP contribution in [0.5, 0.6) is 17.2 Å². The second kappa shape index (κ2) is 7.78. The van der Waals surface area contributed by atoms with E-state index in [9.17, 15) is 9.00 Å². The lowest BCUT2D eigenvalue weighted by atomic mass is 9.95. The Morgan fingerprint density at radius 3 is 2.73 bits per heavy atom. The Kier molecular flexibility index (Phi) is 5.46. The van der Waals surface area contributed by atoms with Gasteiger partial charge in [-0.15, -0.1) is 0 Å². The number of ether oxygens (including phenoxy) is 3. The first-order valence-electron chi connectivity index (χ1n) is 8.30. The highest BCUT2D eigenvalue weighted by Gasteiger charge is 2.24. The molecule has 26 heavy (non-hydrogen) atoms. The van der Waals surface area contributed by atoms with E-state index in [-0.39, 0.29) is 12.7 Å². The van der Waals surface area contributed by atoms with Crippen LogP contribution in [0.3, 0.4) is 0 Å². The molecule has 2 aromatic rings. The highest BCUT2D eigenvalue weighted by atomic mass is 32.2. The number of rotatable bonds is 6. The summed E-state index contributed by atoms with van der Waals surface area (Å²) in [5, 5.41) is 0. The number of aryl methyl sites for hydroxylation is 1. The number of carbonyl (C=O) groups excluding carboxylic acids is 1. The average molecular weight is 375 g/mol. The first kappa shape index (κ1) is 18.3. The monoisotopic (exact) mass is 375 g/mol. The third kappa shape index (κ3) is 3.67. The fourth-order valence-corrected chi connectivity index (χ4v) is 3.80. The molecule has 1 amide bonds. The molecule has 1 aliphatic heterocycles. The minimum absolute atomic E-state index is 0.180. The van der Waals surface area contributed by atoms with Crippen molar-refractivity contribution < 1.29 is 23.2 Å². The van der Waals surface area contributed by atoms with Crippen LogP contribution in [0.25, 0.3) is 0 Å². The van der Waals surface area contributed by atoms with Crippen molar-refractivity contribution >= 4 is 16.9 Å². The fourth-order valence-electron chi connectivity index (χ4n) is 2.85. The number of amides is 1. The number of hydrogen-bond acceptors (Lipinski definition) is 5.